The van der Waals surface area contributed by atoms with E-state index in [1.165, 1.54) is 66.1 Å². The van der Waals surface area contributed by atoms with E-state index in [4.69, 9.17) is 4.99 Å². The summed E-state index contributed by atoms with van der Waals surface area (Å²) in [6, 6.07) is 63.8. The summed E-state index contributed by atoms with van der Waals surface area (Å²) in [4.78, 5) is 5.36. The van der Waals surface area contributed by atoms with Crippen LogP contribution in [0.5, 0.6) is 0 Å². The Morgan fingerprint density at radius 2 is 1.11 bits per heavy atom. The quantitative estimate of drug-likeness (QED) is 0.192. The summed E-state index contributed by atoms with van der Waals surface area (Å²) in [7, 11) is 0. The zero-order valence-corrected chi connectivity index (χ0v) is 29.8. The summed E-state index contributed by atoms with van der Waals surface area (Å²) in [6.45, 7) is 4.78. The second-order valence-corrected chi connectivity index (χ2v) is 14.8. The second kappa shape index (κ2) is 12.3. The fraction of sp³-hybridized carbons (Fsp3) is 0.0784. The van der Waals surface area contributed by atoms with E-state index in [1.807, 2.05) is 0 Å². The van der Waals surface area contributed by atoms with Crippen molar-refractivity contribution >= 4 is 33.0 Å². The van der Waals surface area contributed by atoms with Crippen molar-refractivity contribution in [3.63, 3.8) is 0 Å². The van der Waals surface area contributed by atoms with Gasteiger partial charge in [0, 0.05) is 16.7 Å². The van der Waals surface area contributed by atoms with Crippen molar-refractivity contribution in [1.82, 2.24) is 5.32 Å². The van der Waals surface area contributed by atoms with E-state index in [2.05, 4.69) is 201 Å². The molecule has 252 valence electrons. The number of fused-ring (bicyclic) bond motifs is 6. The van der Waals surface area contributed by atoms with Gasteiger partial charge in [0.25, 0.3) is 0 Å². The lowest BCUT2D eigenvalue weighted by atomic mass is 9.78. The molecule has 1 aliphatic carbocycles. The van der Waals surface area contributed by atoms with Gasteiger partial charge in [0.15, 0.2) is 0 Å². The SMILES string of the molecule is CC1(C)c2cc(C3=NC(c4ccccc4)NC(c4ccc5ccccc5c4)=C3)ccc2-c2c(-c3ccc(-c4ccccc4)cc3)cc3ccccc3c21. The molecule has 0 spiro atoms. The third-order valence-corrected chi connectivity index (χ3v) is 11.3. The Balaban J connectivity index is 1.12. The van der Waals surface area contributed by atoms with Gasteiger partial charge in [-0.05, 0) is 101 Å². The van der Waals surface area contributed by atoms with Gasteiger partial charge in [-0.3, -0.25) is 4.99 Å². The monoisotopic (exact) mass is 678 g/mol. The van der Waals surface area contributed by atoms with Crippen LogP contribution in [0.1, 0.15) is 47.8 Å². The van der Waals surface area contributed by atoms with Crippen LogP contribution in [0.15, 0.2) is 187 Å². The Kier molecular flexibility index (Phi) is 7.26. The number of benzene rings is 8. The number of rotatable bonds is 5. The molecule has 1 aliphatic heterocycles. The van der Waals surface area contributed by atoms with Gasteiger partial charge in [0.2, 0.25) is 0 Å². The molecule has 0 saturated carbocycles. The molecule has 10 rings (SSSR count). The van der Waals surface area contributed by atoms with Gasteiger partial charge in [0.1, 0.15) is 6.17 Å². The first-order valence-electron chi connectivity index (χ1n) is 18.5. The van der Waals surface area contributed by atoms with Gasteiger partial charge in [-0.15, -0.1) is 0 Å². The van der Waals surface area contributed by atoms with Crippen LogP contribution >= 0.6 is 0 Å². The number of nitrogens with one attached hydrogen (secondary N) is 1. The molecule has 0 amide bonds. The Bertz CT molecular complexity index is 2750. The molecule has 0 fully saturated rings. The fourth-order valence-corrected chi connectivity index (χ4v) is 8.56. The smallest absolute Gasteiger partial charge is 0.145 e. The van der Waals surface area contributed by atoms with Crippen LogP contribution in [0.25, 0.3) is 60.6 Å². The van der Waals surface area contributed by atoms with E-state index in [0.717, 1.165) is 28.1 Å². The third kappa shape index (κ3) is 5.29. The van der Waals surface area contributed by atoms with Crippen LogP contribution in [0, 0.1) is 0 Å². The summed E-state index contributed by atoms with van der Waals surface area (Å²) in [5.41, 5.74) is 15.6. The number of hydrogen-bond donors (Lipinski definition) is 1. The topological polar surface area (TPSA) is 24.4 Å². The zero-order chi connectivity index (χ0) is 35.5. The van der Waals surface area contributed by atoms with Crippen molar-refractivity contribution in [2.75, 3.05) is 0 Å². The number of aliphatic imine (C=N–C) groups is 1. The number of nitrogens with zero attached hydrogens (tertiary/aromatic N) is 1. The molecule has 1 atom stereocenters. The molecule has 0 radical (unpaired) electrons. The first kappa shape index (κ1) is 31.2. The van der Waals surface area contributed by atoms with Gasteiger partial charge < -0.3 is 5.32 Å². The average Bonchev–Trinajstić information content (AvgIpc) is 3.47. The minimum absolute atomic E-state index is 0.203. The highest BCUT2D eigenvalue weighted by Crippen LogP contribution is 2.55. The number of hydrogen-bond acceptors (Lipinski definition) is 2. The van der Waals surface area contributed by atoms with Gasteiger partial charge in [-0.25, -0.2) is 0 Å². The molecule has 8 aromatic rings. The molecule has 1 heterocycles. The zero-order valence-electron chi connectivity index (χ0n) is 29.8. The highest BCUT2D eigenvalue weighted by molar-refractivity contribution is 6.14. The Morgan fingerprint density at radius 3 is 1.91 bits per heavy atom. The standard InChI is InChI=1S/C51H38N2/c1-51(2)45-31-41(47-32-46(52-50(53-47)37-16-7-4-8-17-37)40-26-23-34-15-9-10-18-38(34)29-40)27-28-43(45)48-44(30-39-19-11-12-20-42(39)49(48)51)36-24-21-35(22-25-36)33-13-5-3-6-14-33/h3-32,50,52H,1-2H3. The molecule has 0 saturated heterocycles. The molecule has 53 heavy (non-hydrogen) atoms. The predicted octanol–water partition coefficient (Wildman–Crippen LogP) is 12.8. The van der Waals surface area contributed by atoms with Crippen LogP contribution < -0.4 is 5.32 Å². The molecule has 8 aromatic carbocycles. The average molecular weight is 679 g/mol. The van der Waals surface area contributed by atoms with Crippen molar-refractivity contribution in [3.8, 4) is 33.4 Å². The first-order valence-corrected chi connectivity index (χ1v) is 18.5. The van der Waals surface area contributed by atoms with Crippen molar-refractivity contribution in [1.29, 1.82) is 0 Å². The maximum absolute atomic E-state index is 5.36. The van der Waals surface area contributed by atoms with Crippen LogP contribution in [0.3, 0.4) is 0 Å². The fourth-order valence-electron chi connectivity index (χ4n) is 8.56. The molecular formula is C51H38N2. The van der Waals surface area contributed by atoms with E-state index in [0.29, 0.717) is 0 Å². The summed E-state index contributed by atoms with van der Waals surface area (Å²) in [5.74, 6) is 0. The molecule has 1 unspecified atom stereocenters. The molecule has 0 aromatic heterocycles. The minimum atomic E-state index is -0.225. The van der Waals surface area contributed by atoms with Crippen LogP contribution in [0.2, 0.25) is 0 Å². The molecule has 0 bridgehead atoms. The van der Waals surface area contributed by atoms with Gasteiger partial charge >= 0.3 is 0 Å². The lowest BCUT2D eigenvalue weighted by Crippen LogP contribution is -2.25. The van der Waals surface area contributed by atoms with Gasteiger partial charge in [-0.1, -0.05) is 172 Å². The summed E-state index contributed by atoms with van der Waals surface area (Å²) in [5, 5.41) is 8.81. The largest absolute Gasteiger partial charge is 0.360 e. The lowest BCUT2D eigenvalue weighted by molar-refractivity contribution is 0.662. The maximum atomic E-state index is 5.36. The Hall–Kier alpha value is -6.51. The normalized spacial score (nSPS) is 15.7. The third-order valence-electron chi connectivity index (χ3n) is 11.3. The molecule has 2 heteroatoms. The summed E-state index contributed by atoms with van der Waals surface area (Å²) >= 11 is 0. The van der Waals surface area contributed by atoms with E-state index in [1.54, 1.807) is 0 Å². The maximum Gasteiger partial charge on any atom is 0.145 e. The van der Waals surface area contributed by atoms with Gasteiger partial charge in [0.05, 0.1) is 5.71 Å². The first-order chi connectivity index (χ1) is 26.0. The van der Waals surface area contributed by atoms with E-state index < -0.39 is 0 Å². The molecular weight excluding hydrogens is 641 g/mol. The van der Waals surface area contributed by atoms with Crippen molar-refractivity contribution < 1.29 is 0 Å². The summed E-state index contributed by atoms with van der Waals surface area (Å²) < 4.78 is 0. The lowest BCUT2D eigenvalue weighted by Gasteiger charge is -2.26. The highest BCUT2D eigenvalue weighted by Gasteiger charge is 2.39. The van der Waals surface area contributed by atoms with Crippen LogP contribution in [-0.2, 0) is 5.41 Å². The molecule has 1 N–H and O–H groups in total. The Morgan fingerprint density at radius 1 is 0.491 bits per heavy atom. The van der Waals surface area contributed by atoms with Gasteiger partial charge in [-0.2, -0.15) is 0 Å². The van der Waals surface area contributed by atoms with E-state index >= 15 is 0 Å². The molecule has 2 aliphatic rings. The van der Waals surface area contributed by atoms with Crippen molar-refractivity contribution in [2.24, 2.45) is 4.99 Å². The minimum Gasteiger partial charge on any atom is -0.360 e. The molecule has 2 nitrogen and oxygen atoms in total. The predicted molar refractivity (Wildman–Crippen MR) is 223 cm³/mol. The van der Waals surface area contributed by atoms with Crippen LogP contribution in [-0.4, -0.2) is 5.71 Å². The van der Waals surface area contributed by atoms with Crippen LogP contribution in [0.4, 0.5) is 0 Å². The highest BCUT2D eigenvalue weighted by atomic mass is 15.1. The second-order valence-electron chi connectivity index (χ2n) is 14.8. The summed E-state index contributed by atoms with van der Waals surface area (Å²) in [6.07, 6.45) is 2.03. The Labute approximate surface area is 310 Å². The van der Waals surface area contributed by atoms with Crippen molar-refractivity contribution in [2.45, 2.75) is 25.4 Å². The van der Waals surface area contributed by atoms with Crippen molar-refractivity contribution in [3.05, 3.63) is 210 Å². The van der Waals surface area contributed by atoms with E-state index in [-0.39, 0.29) is 11.6 Å². The number of allylic oxidation sites excluding steroid dienone is 1. The van der Waals surface area contributed by atoms with E-state index in [9.17, 15) is 0 Å².